The standard InChI is InChI=1S/C14H20N4O/c1-10(11-3-4-11)18(7-8-19-2)14-6-5-12(16)13(9-15)17-14/h5-6,10-11H,3-4,7-8,16H2,1-2H3. The van der Waals surface area contributed by atoms with Gasteiger partial charge in [-0.15, -0.1) is 0 Å². The van der Waals surface area contributed by atoms with Crippen LogP contribution in [-0.2, 0) is 4.74 Å². The molecule has 1 aliphatic carbocycles. The summed E-state index contributed by atoms with van der Waals surface area (Å²) in [5, 5.41) is 9.03. The van der Waals surface area contributed by atoms with Gasteiger partial charge in [0, 0.05) is 19.7 Å². The quantitative estimate of drug-likeness (QED) is 0.844. The second kappa shape index (κ2) is 5.89. The first-order chi connectivity index (χ1) is 9.17. The number of nitrogens with two attached hydrogens (primary N) is 1. The van der Waals surface area contributed by atoms with Crippen LogP contribution in [0.25, 0.3) is 0 Å². The van der Waals surface area contributed by atoms with Crippen molar-refractivity contribution in [3.05, 3.63) is 17.8 Å². The minimum atomic E-state index is 0.294. The van der Waals surface area contributed by atoms with Crippen molar-refractivity contribution >= 4 is 11.5 Å². The normalized spacial score (nSPS) is 15.8. The Morgan fingerprint density at radius 3 is 2.89 bits per heavy atom. The average Bonchev–Trinajstić information content (AvgIpc) is 3.24. The highest BCUT2D eigenvalue weighted by molar-refractivity contribution is 5.55. The number of hydrogen-bond acceptors (Lipinski definition) is 5. The Bertz CT molecular complexity index is 479. The van der Waals surface area contributed by atoms with E-state index in [1.807, 2.05) is 12.1 Å². The van der Waals surface area contributed by atoms with E-state index < -0.39 is 0 Å². The van der Waals surface area contributed by atoms with E-state index in [2.05, 4.69) is 16.8 Å². The first kappa shape index (κ1) is 13.6. The number of ether oxygens (including phenoxy) is 1. The Balaban J connectivity index is 2.23. The van der Waals surface area contributed by atoms with Gasteiger partial charge in [-0.25, -0.2) is 4.98 Å². The van der Waals surface area contributed by atoms with Crippen LogP contribution in [-0.4, -0.2) is 31.3 Å². The van der Waals surface area contributed by atoms with Crippen LogP contribution in [0.2, 0.25) is 0 Å². The van der Waals surface area contributed by atoms with Crippen molar-refractivity contribution < 1.29 is 4.74 Å². The topological polar surface area (TPSA) is 75.2 Å². The van der Waals surface area contributed by atoms with Crippen LogP contribution in [0.4, 0.5) is 11.5 Å². The van der Waals surface area contributed by atoms with Crippen molar-refractivity contribution in [1.82, 2.24) is 4.98 Å². The highest BCUT2D eigenvalue weighted by Crippen LogP contribution is 2.36. The van der Waals surface area contributed by atoms with Crippen molar-refractivity contribution in [3.8, 4) is 6.07 Å². The first-order valence-electron chi connectivity index (χ1n) is 6.59. The fraction of sp³-hybridized carbons (Fsp3) is 0.571. The third kappa shape index (κ3) is 3.15. The number of nitriles is 1. The third-order valence-electron chi connectivity index (χ3n) is 3.64. The zero-order valence-electron chi connectivity index (χ0n) is 11.5. The van der Waals surface area contributed by atoms with Crippen molar-refractivity contribution in [2.45, 2.75) is 25.8 Å². The number of methoxy groups -OCH3 is 1. The summed E-state index contributed by atoms with van der Waals surface area (Å²) in [5.41, 5.74) is 6.44. The number of rotatable bonds is 6. The lowest BCUT2D eigenvalue weighted by atomic mass is 10.1. The monoisotopic (exact) mass is 260 g/mol. The van der Waals surface area contributed by atoms with E-state index in [-0.39, 0.29) is 0 Å². The first-order valence-corrected chi connectivity index (χ1v) is 6.59. The molecule has 0 aliphatic heterocycles. The molecule has 1 unspecified atom stereocenters. The molecule has 1 atom stereocenters. The van der Waals surface area contributed by atoms with E-state index >= 15 is 0 Å². The smallest absolute Gasteiger partial charge is 0.165 e. The molecular formula is C14H20N4O. The SMILES string of the molecule is COCCN(c1ccc(N)c(C#N)n1)C(C)C1CC1. The summed E-state index contributed by atoms with van der Waals surface area (Å²) in [5.74, 6) is 1.53. The van der Waals surface area contributed by atoms with Crippen LogP contribution < -0.4 is 10.6 Å². The largest absolute Gasteiger partial charge is 0.396 e. The Labute approximate surface area is 114 Å². The number of pyridine rings is 1. The van der Waals surface area contributed by atoms with Gasteiger partial charge in [-0.2, -0.15) is 5.26 Å². The summed E-state index contributed by atoms with van der Waals surface area (Å²) in [4.78, 5) is 6.57. The molecule has 1 aliphatic rings. The molecule has 1 aromatic rings. The molecule has 102 valence electrons. The Hall–Kier alpha value is -1.80. The van der Waals surface area contributed by atoms with Crippen molar-refractivity contribution in [2.75, 3.05) is 30.9 Å². The average molecular weight is 260 g/mol. The highest BCUT2D eigenvalue weighted by Gasteiger charge is 2.32. The summed E-state index contributed by atoms with van der Waals surface area (Å²) in [6, 6.07) is 6.08. The van der Waals surface area contributed by atoms with E-state index in [4.69, 9.17) is 15.7 Å². The van der Waals surface area contributed by atoms with Crippen LogP contribution in [0, 0.1) is 17.2 Å². The Morgan fingerprint density at radius 2 is 2.32 bits per heavy atom. The maximum absolute atomic E-state index is 9.03. The van der Waals surface area contributed by atoms with E-state index in [1.54, 1.807) is 13.2 Å². The molecule has 1 saturated carbocycles. The van der Waals surface area contributed by atoms with Gasteiger partial charge >= 0.3 is 0 Å². The molecule has 5 nitrogen and oxygen atoms in total. The molecule has 0 bridgehead atoms. The Kier molecular flexibility index (Phi) is 4.23. The van der Waals surface area contributed by atoms with Crippen LogP contribution in [0.3, 0.4) is 0 Å². The van der Waals surface area contributed by atoms with Gasteiger partial charge in [0.25, 0.3) is 0 Å². The van der Waals surface area contributed by atoms with Gasteiger partial charge in [-0.1, -0.05) is 0 Å². The lowest BCUT2D eigenvalue weighted by Gasteiger charge is -2.30. The minimum Gasteiger partial charge on any atom is -0.396 e. The highest BCUT2D eigenvalue weighted by atomic mass is 16.5. The van der Waals surface area contributed by atoms with E-state index in [9.17, 15) is 0 Å². The molecule has 0 saturated heterocycles. The molecule has 0 amide bonds. The molecular weight excluding hydrogens is 240 g/mol. The number of hydrogen-bond donors (Lipinski definition) is 1. The molecule has 1 aromatic heterocycles. The summed E-state index contributed by atoms with van der Waals surface area (Å²) in [6.07, 6.45) is 2.54. The molecule has 0 spiro atoms. The zero-order chi connectivity index (χ0) is 13.8. The predicted octanol–water partition coefficient (Wildman–Crippen LogP) is 1.79. The maximum Gasteiger partial charge on any atom is 0.165 e. The van der Waals surface area contributed by atoms with Crippen LogP contribution in [0.15, 0.2) is 12.1 Å². The second-order valence-corrected chi connectivity index (χ2v) is 4.98. The summed E-state index contributed by atoms with van der Waals surface area (Å²) in [7, 11) is 1.69. The van der Waals surface area contributed by atoms with Gasteiger partial charge in [0.2, 0.25) is 0 Å². The summed E-state index contributed by atoms with van der Waals surface area (Å²) < 4.78 is 5.17. The Morgan fingerprint density at radius 1 is 1.58 bits per heavy atom. The van der Waals surface area contributed by atoms with Gasteiger partial charge in [-0.3, -0.25) is 0 Å². The molecule has 19 heavy (non-hydrogen) atoms. The van der Waals surface area contributed by atoms with Gasteiger partial charge in [-0.05, 0) is 37.8 Å². The molecule has 2 rings (SSSR count). The summed E-state index contributed by atoms with van der Waals surface area (Å²) in [6.45, 7) is 3.62. The lowest BCUT2D eigenvalue weighted by Crippen LogP contribution is -2.38. The van der Waals surface area contributed by atoms with E-state index in [0.29, 0.717) is 24.0 Å². The second-order valence-electron chi connectivity index (χ2n) is 4.98. The third-order valence-corrected chi connectivity index (χ3v) is 3.64. The molecule has 2 N–H and O–H groups in total. The number of aromatic nitrogens is 1. The number of anilines is 2. The molecule has 5 heteroatoms. The van der Waals surface area contributed by atoms with Gasteiger partial charge in [0.15, 0.2) is 5.69 Å². The molecule has 1 heterocycles. The molecule has 1 fully saturated rings. The van der Waals surface area contributed by atoms with Crippen molar-refractivity contribution in [1.29, 1.82) is 5.26 Å². The molecule has 0 radical (unpaired) electrons. The number of nitrogen functional groups attached to an aromatic ring is 1. The maximum atomic E-state index is 9.03. The zero-order valence-corrected chi connectivity index (χ0v) is 11.5. The van der Waals surface area contributed by atoms with Crippen molar-refractivity contribution in [2.24, 2.45) is 5.92 Å². The predicted molar refractivity (Wildman–Crippen MR) is 74.8 cm³/mol. The fourth-order valence-corrected chi connectivity index (χ4v) is 2.26. The van der Waals surface area contributed by atoms with Crippen LogP contribution in [0.1, 0.15) is 25.5 Å². The molecule has 0 aromatic carbocycles. The van der Waals surface area contributed by atoms with Gasteiger partial charge < -0.3 is 15.4 Å². The van der Waals surface area contributed by atoms with Crippen molar-refractivity contribution in [3.63, 3.8) is 0 Å². The van der Waals surface area contributed by atoms with Crippen LogP contribution >= 0.6 is 0 Å². The van der Waals surface area contributed by atoms with Gasteiger partial charge in [0.1, 0.15) is 11.9 Å². The van der Waals surface area contributed by atoms with Crippen LogP contribution in [0.5, 0.6) is 0 Å². The lowest BCUT2D eigenvalue weighted by molar-refractivity contribution is 0.202. The van der Waals surface area contributed by atoms with E-state index in [1.165, 1.54) is 12.8 Å². The fourth-order valence-electron chi connectivity index (χ4n) is 2.26. The van der Waals surface area contributed by atoms with Gasteiger partial charge in [0.05, 0.1) is 12.3 Å². The minimum absolute atomic E-state index is 0.294. The van der Waals surface area contributed by atoms with E-state index in [0.717, 1.165) is 18.3 Å². The number of nitrogens with zero attached hydrogens (tertiary/aromatic N) is 3. The summed E-state index contributed by atoms with van der Waals surface area (Å²) >= 11 is 0.